The number of hydrogen-bond acceptors (Lipinski definition) is 5. The first-order valence-electron chi connectivity index (χ1n) is 8.24. The van der Waals surface area contributed by atoms with Gasteiger partial charge in [-0.25, -0.2) is 14.6 Å². The Morgan fingerprint density at radius 2 is 1.70 bits per heavy atom. The summed E-state index contributed by atoms with van der Waals surface area (Å²) in [4.78, 5) is 24.9. The van der Waals surface area contributed by atoms with Crippen molar-refractivity contribution in [2.45, 2.75) is 6.54 Å². The predicted octanol–water partition coefficient (Wildman–Crippen LogP) is 3.57. The van der Waals surface area contributed by atoms with E-state index in [1.807, 2.05) is 36.4 Å². The minimum absolute atomic E-state index is 0.155. The van der Waals surface area contributed by atoms with Gasteiger partial charge in [0.05, 0.1) is 16.7 Å². The van der Waals surface area contributed by atoms with Crippen molar-refractivity contribution in [2.75, 3.05) is 0 Å². The smallest absolute Gasteiger partial charge is 0.267 e. The summed E-state index contributed by atoms with van der Waals surface area (Å²) >= 11 is 3.34. The van der Waals surface area contributed by atoms with Gasteiger partial charge < -0.3 is 0 Å². The molecule has 0 amide bonds. The summed E-state index contributed by atoms with van der Waals surface area (Å²) in [6, 6.07) is 14.8. The summed E-state index contributed by atoms with van der Waals surface area (Å²) in [5, 5.41) is 4.49. The lowest BCUT2D eigenvalue weighted by Crippen LogP contribution is -2.22. The maximum atomic E-state index is 12.3. The van der Waals surface area contributed by atoms with Crippen LogP contribution >= 0.6 is 15.9 Å². The first-order chi connectivity index (χ1) is 13.2. The quantitative estimate of drug-likeness (QED) is 0.505. The van der Waals surface area contributed by atoms with Gasteiger partial charge in [0, 0.05) is 42.0 Å². The molecule has 0 atom stereocenters. The van der Waals surface area contributed by atoms with Crippen molar-refractivity contribution in [2.24, 2.45) is 0 Å². The molecule has 6 nitrogen and oxygen atoms in total. The zero-order chi connectivity index (χ0) is 18.6. The number of aromatic nitrogens is 5. The highest BCUT2D eigenvalue weighted by Crippen LogP contribution is 2.18. The number of benzene rings is 1. The lowest BCUT2D eigenvalue weighted by atomic mass is 10.1. The lowest BCUT2D eigenvalue weighted by Gasteiger charge is -2.08. The van der Waals surface area contributed by atoms with E-state index in [4.69, 9.17) is 0 Å². The Morgan fingerprint density at radius 3 is 2.48 bits per heavy atom. The van der Waals surface area contributed by atoms with E-state index in [2.05, 4.69) is 36.0 Å². The summed E-state index contributed by atoms with van der Waals surface area (Å²) in [5.74, 6) is 0.630. The van der Waals surface area contributed by atoms with Gasteiger partial charge in [0.25, 0.3) is 5.56 Å². The second-order valence-electron chi connectivity index (χ2n) is 5.88. The van der Waals surface area contributed by atoms with E-state index in [-0.39, 0.29) is 5.56 Å². The van der Waals surface area contributed by atoms with Gasteiger partial charge in [-0.2, -0.15) is 5.10 Å². The van der Waals surface area contributed by atoms with Gasteiger partial charge in [0.15, 0.2) is 5.82 Å². The highest BCUT2D eigenvalue weighted by atomic mass is 79.9. The van der Waals surface area contributed by atoms with E-state index in [1.54, 1.807) is 30.9 Å². The molecule has 0 saturated heterocycles. The van der Waals surface area contributed by atoms with Crippen molar-refractivity contribution in [1.82, 2.24) is 24.7 Å². The standard InChI is InChI=1S/C20H14BrN5O/c21-17-11-23-20(24-12-17)16-3-1-2-14(10-16)13-26-19(27)5-4-18(25-26)15-6-8-22-9-7-15/h1-12H,13H2. The van der Waals surface area contributed by atoms with Gasteiger partial charge in [-0.05, 0) is 45.8 Å². The molecule has 0 bridgehead atoms. The van der Waals surface area contributed by atoms with Crippen LogP contribution in [0.5, 0.6) is 0 Å². The van der Waals surface area contributed by atoms with Crippen LogP contribution in [0.2, 0.25) is 0 Å². The number of pyridine rings is 1. The molecule has 0 fully saturated rings. The molecule has 0 N–H and O–H groups in total. The van der Waals surface area contributed by atoms with Crippen molar-refractivity contribution in [1.29, 1.82) is 0 Å². The van der Waals surface area contributed by atoms with Gasteiger partial charge in [-0.1, -0.05) is 18.2 Å². The van der Waals surface area contributed by atoms with E-state index in [1.165, 1.54) is 10.7 Å². The molecule has 1 aromatic carbocycles. The Bertz CT molecular complexity index is 1130. The molecule has 0 saturated carbocycles. The highest BCUT2D eigenvalue weighted by Gasteiger charge is 2.06. The van der Waals surface area contributed by atoms with Crippen molar-refractivity contribution in [3.05, 3.63) is 93.7 Å². The van der Waals surface area contributed by atoms with Crippen LogP contribution in [0.1, 0.15) is 5.56 Å². The SMILES string of the molecule is O=c1ccc(-c2ccncc2)nn1Cc1cccc(-c2ncc(Br)cn2)c1. The van der Waals surface area contributed by atoms with Crippen molar-refractivity contribution in [3.8, 4) is 22.6 Å². The minimum Gasteiger partial charge on any atom is -0.268 e. The average Bonchev–Trinajstić information content (AvgIpc) is 2.71. The van der Waals surface area contributed by atoms with E-state index in [9.17, 15) is 4.79 Å². The van der Waals surface area contributed by atoms with E-state index in [0.717, 1.165) is 26.9 Å². The normalized spacial score (nSPS) is 10.7. The summed E-state index contributed by atoms with van der Waals surface area (Å²) in [6.07, 6.45) is 6.82. The van der Waals surface area contributed by atoms with Crippen LogP contribution in [-0.2, 0) is 6.54 Å². The van der Waals surface area contributed by atoms with Crippen LogP contribution in [0.3, 0.4) is 0 Å². The molecular formula is C20H14BrN5O. The van der Waals surface area contributed by atoms with Crippen LogP contribution in [0.25, 0.3) is 22.6 Å². The van der Waals surface area contributed by atoms with Crippen molar-refractivity contribution in [3.63, 3.8) is 0 Å². The largest absolute Gasteiger partial charge is 0.268 e. The Labute approximate surface area is 163 Å². The van der Waals surface area contributed by atoms with Gasteiger partial charge in [0.2, 0.25) is 0 Å². The highest BCUT2D eigenvalue weighted by molar-refractivity contribution is 9.10. The molecule has 3 heterocycles. The monoisotopic (exact) mass is 419 g/mol. The van der Waals surface area contributed by atoms with Gasteiger partial charge in [-0.3, -0.25) is 9.78 Å². The molecular weight excluding hydrogens is 406 g/mol. The first kappa shape index (κ1) is 17.2. The minimum atomic E-state index is -0.155. The molecule has 4 aromatic rings. The van der Waals surface area contributed by atoms with Crippen LogP contribution < -0.4 is 5.56 Å². The van der Waals surface area contributed by atoms with Gasteiger partial charge in [-0.15, -0.1) is 0 Å². The van der Waals surface area contributed by atoms with E-state index >= 15 is 0 Å². The van der Waals surface area contributed by atoms with Crippen molar-refractivity contribution < 1.29 is 0 Å². The lowest BCUT2D eigenvalue weighted by molar-refractivity contribution is 0.643. The Hall–Kier alpha value is -3.19. The molecule has 132 valence electrons. The zero-order valence-corrected chi connectivity index (χ0v) is 15.7. The first-order valence-corrected chi connectivity index (χ1v) is 9.04. The maximum Gasteiger partial charge on any atom is 0.267 e. The molecule has 0 aliphatic heterocycles. The maximum absolute atomic E-state index is 12.3. The molecule has 0 aliphatic rings. The Kier molecular flexibility index (Phi) is 4.84. The summed E-state index contributed by atoms with van der Waals surface area (Å²) in [6.45, 7) is 0.363. The number of halogens is 1. The average molecular weight is 420 g/mol. The molecule has 0 radical (unpaired) electrons. The fourth-order valence-electron chi connectivity index (χ4n) is 2.68. The molecule has 7 heteroatoms. The van der Waals surface area contributed by atoms with Gasteiger partial charge >= 0.3 is 0 Å². The third kappa shape index (κ3) is 3.98. The predicted molar refractivity (Wildman–Crippen MR) is 106 cm³/mol. The van der Waals surface area contributed by atoms with E-state index < -0.39 is 0 Å². The molecule has 0 unspecified atom stereocenters. The molecule has 4 rings (SSSR count). The van der Waals surface area contributed by atoms with Crippen LogP contribution in [0.4, 0.5) is 0 Å². The summed E-state index contributed by atoms with van der Waals surface area (Å²) in [5.41, 5.74) is 3.32. The van der Waals surface area contributed by atoms with Crippen LogP contribution in [0, 0.1) is 0 Å². The zero-order valence-electron chi connectivity index (χ0n) is 14.2. The topological polar surface area (TPSA) is 73.6 Å². The Balaban J connectivity index is 1.65. The molecule has 0 spiro atoms. The second-order valence-corrected chi connectivity index (χ2v) is 6.79. The van der Waals surface area contributed by atoms with Gasteiger partial charge in [0.1, 0.15) is 0 Å². The number of rotatable bonds is 4. The number of hydrogen-bond donors (Lipinski definition) is 0. The summed E-state index contributed by atoms with van der Waals surface area (Å²) in [7, 11) is 0. The third-order valence-corrected chi connectivity index (χ3v) is 4.39. The van der Waals surface area contributed by atoms with Crippen LogP contribution in [-0.4, -0.2) is 24.7 Å². The Morgan fingerprint density at radius 1 is 0.926 bits per heavy atom. The third-order valence-electron chi connectivity index (χ3n) is 3.98. The molecule has 27 heavy (non-hydrogen) atoms. The second kappa shape index (κ2) is 7.59. The fraction of sp³-hybridized carbons (Fsp3) is 0.0500. The van der Waals surface area contributed by atoms with E-state index in [0.29, 0.717) is 12.4 Å². The molecule has 0 aliphatic carbocycles. The number of nitrogens with zero attached hydrogens (tertiary/aromatic N) is 5. The summed E-state index contributed by atoms with van der Waals surface area (Å²) < 4.78 is 2.28. The molecule has 3 aromatic heterocycles. The fourth-order valence-corrected chi connectivity index (χ4v) is 2.89. The van der Waals surface area contributed by atoms with Crippen LogP contribution in [0.15, 0.2) is 82.6 Å². The van der Waals surface area contributed by atoms with Crippen molar-refractivity contribution >= 4 is 15.9 Å².